The van der Waals surface area contributed by atoms with Crippen LogP contribution in [0, 0.1) is 0 Å². The van der Waals surface area contributed by atoms with Crippen LogP contribution in [0.4, 0.5) is 11.4 Å². The number of benzene rings is 2. The minimum atomic E-state index is -0.797. The van der Waals surface area contributed by atoms with E-state index in [2.05, 4.69) is 26.6 Å². The molecule has 0 atom stereocenters. The van der Waals surface area contributed by atoms with Crippen LogP contribution in [0.5, 0.6) is 5.75 Å². The molecule has 0 bridgehead atoms. The third-order valence-corrected chi connectivity index (χ3v) is 3.66. The first-order chi connectivity index (χ1) is 11.9. The minimum Gasteiger partial charge on any atom is -0.494 e. The van der Waals surface area contributed by atoms with Gasteiger partial charge in [-0.3, -0.25) is 14.4 Å². The predicted molar refractivity (Wildman–Crippen MR) is 99.0 cm³/mol. The average Bonchev–Trinajstić information content (AvgIpc) is 2.57. The predicted octanol–water partition coefficient (Wildman–Crippen LogP) is 3.63. The molecule has 7 heteroatoms. The highest BCUT2D eigenvalue weighted by atomic mass is 79.9. The highest BCUT2D eigenvalue weighted by molar-refractivity contribution is 9.10. The van der Waals surface area contributed by atoms with Gasteiger partial charge in [-0.1, -0.05) is 15.9 Å². The number of hydrogen-bond donors (Lipinski definition) is 2. The molecule has 2 aromatic rings. The van der Waals surface area contributed by atoms with Gasteiger partial charge in [0, 0.05) is 17.1 Å². The van der Waals surface area contributed by atoms with Crippen LogP contribution in [0.15, 0.2) is 46.9 Å². The van der Waals surface area contributed by atoms with Gasteiger partial charge in [0.15, 0.2) is 0 Å². The molecule has 2 rings (SSSR count). The lowest BCUT2D eigenvalue weighted by molar-refractivity contribution is -0.114. The molecule has 2 amide bonds. The zero-order valence-corrected chi connectivity index (χ0v) is 15.3. The molecule has 6 nitrogen and oxygen atoms in total. The number of halogens is 1. The summed E-state index contributed by atoms with van der Waals surface area (Å²) >= 11 is 3.26. The van der Waals surface area contributed by atoms with Gasteiger partial charge in [0.25, 0.3) is 11.7 Å². The van der Waals surface area contributed by atoms with Crippen LogP contribution in [0.3, 0.4) is 0 Å². The Kier molecular flexibility index (Phi) is 6.30. The van der Waals surface area contributed by atoms with Gasteiger partial charge in [0.2, 0.25) is 5.91 Å². The zero-order chi connectivity index (χ0) is 18.4. The van der Waals surface area contributed by atoms with Crippen molar-refractivity contribution in [1.82, 2.24) is 0 Å². The fourth-order valence-electron chi connectivity index (χ4n) is 2.11. The summed E-state index contributed by atoms with van der Waals surface area (Å²) < 4.78 is 5.95. The molecule has 0 heterocycles. The van der Waals surface area contributed by atoms with Crippen molar-refractivity contribution >= 4 is 44.9 Å². The fraction of sp³-hybridized carbons (Fsp3) is 0.167. The van der Waals surface area contributed by atoms with E-state index >= 15 is 0 Å². The van der Waals surface area contributed by atoms with Gasteiger partial charge in [-0.15, -0.1) is 0 Å². The lowest BCUT2D eigenvalue weighted by atomic mass is 10.1. The molecule has 0 fully saturated rings. The molecule has 0 spiro atoms. The molecule has 2 N–H and O–H groups in total. The number of Topliss-reactive ketones (excluding diaryl/α,β-unsaturated/α-hetero) is 1. The smallest absolute Gasteiger partial charge is 0.296 e. The highest BCUT2D eigenvalue weighted by Crippen LogP contribution is 2.23. The van der Waals surface area contributed by atoms with Gasteiger partial charge in [-0.25, -0.2) is 0 Å². The summed E-state index contributed by atoms with van der Waals surface area (Å²) in [5, 5.41) is 5.08. The Morgan fingerprint density at radius 2 is 1.72 bits per heavy atom. The first-order valence-corrected chi connectivity index (χ1v) is 8.35. The molecule has 0 radical (unpaired) electrons. The van der Waals surface area contributed by atoms with Crippen molar-refractivity contribution in [1.29, 1.82) is 0 Å². The molecule has 0 aromatic heterocycles. The number of nitrogens with one attached hydrogen (secondary N) is 2. The maximum absolute atomic E-state index is 12.5. The molecule has 0 aliphatic rings. The van der Waals surface area contributed by atoms with Crippen molar-refractivity contribution in [2.24, 2.45) is 0 Å². The quantitative estimate of drug-likeness (QED) is 0.568. The highest BCUT2D eigenvalue weighted by Gasteiger charge is 2.21. The van der Waals surface area contributed by atoms with Crippen LogP contribution in [0.25, 0.3) is 0 Å². The van der Waals surface area contributed by atoms with Crippen LogP contribution in [0.2, 0.25) is 0 Å². The van der Waals surface area contributed by atoms with Gasteiger partial charge >= 0.3 is 0 Å². The van der Waals surface area contributed by atoms with E-state index in [0.717, 1.165) is 0 Å². The second-order valence-corrected chi connectivity index (χ2v) is 6.03. The normalized spacial score (nSPS) is 10.0. The Labute approximate surface area is 153 Å². The third-order valence-electron chi connectivity index (χ3n) is 3.17. The molecule has 0 saturated heterocycles. The van der Waals surface area contributed by atoms with Crippen LogP contribution in [-0.4, -0.2) is 24.2 Å². The number of ketones is 1. The van der Waals surface area contributed by atoms with E-state index < -0.39 is 11.7 Å². The van der Waals surface area contributed by atoms with Gasteiger partial charge in [-0.2, -0.15) is 0 Å². The number of carbonyl (C=O) groups excluding carboxylic acids is 3. The topological polar surface area (TPSA) is 84.5 Å². The van der Waals surface area contributed by atoms with Gasteiger partial charge in [0.1, 0.15) is 5.75 Å². The molecule has 0 aliphatic carbocycles. The number of anilines is 2. The Balaban J connectivity index is 2.18. The SMILES string of the molecule is CCOc1ccc(NC(=O)C(=O)c2cc(Br)ccc2NC(C)=O)cc1. The lowest BCUT2D eigenvalue weighted by Crippen LogP contribution is -2.24. The van der Waals surface area contributed by atoms with E-state index in [1.807, 2.05) is 6.92 Å². The first kappa shape index (κ1) is 18.7. The first-order valence-electron chi connectivity index (χ1n) is 7.56. The van der Waals surface area contributed by atoms with E-state index in [-0.39, 0.29) is 17.2 Å². The van der Waals surface area contributed by atoms with E-state index in [1.54, 1.807) is 36.4 Å². The van der Waals surface area contributed by atoms with Gasteiger partial charge in [-0.05, 0) is 49.4 Å². The Bertz CT molecular complexity index is 803. The summed E-state index contributed by atoms with van der Waals surface area (Å²) in [7, 11) is 0. The maximum atomic E-state index is 12.5. The summed E-state index contributed by atoms with van der Waals surface area (Å²) in [6.07, 6.45) is 0. The van der Waals surface area contributed by atoms with Crippen LogP contribution in [0.1, 0.15) is 24.2 Å². The average molecular weight is 405 g/mol. The number of carbonyl (C=O) groups is 3. The molecule has 2 aromatic carbocycles. The summed E-state index contributed by atoms with van der Waals surface area (Å²) in [4.78, 5) is 36.0. The van der Waals surface area contributed by atoms with E-state index in [0.29, 0.717) is 22.5 Å². The van der Waals surface area contributed by atoms with Crippen LogP contribution in [-0.2, 0) is 9.59 Å². The van der Waals surface area contributed by atoms with E-state index in [4.69, 9.17) is 4.74 Å². The van der Waals surface area contributed by atoms with Gasteiger partial charge in [0.05, 0.1) is 17.9 Å². The summed E-state index contributed by atoms with van der Waals surface area (Å²) in [5.41, 5.74) is 0.855. The van der Waals surface area contributed by atoms with Crippen molar-refractivity contribution in [2.45, 2.75) is 13.8 Å². The van der Waals surface area contributed by atoms with Crippen LogP contribution >= 0.6 is 15.9 Å². The second kappa shape index (κ2) is 8.43. The van der Waals surface area contributed by atoms with E-state index in [1.165, 1.54) is 13.0 Å². The summed E-state index contributed by atoms with van der Waals surface area (Å²) in [6.45, 7) is 3.74. The number of hydrogen-bond acceptors (Lipinski definition) is 4. The maximum Gasteiger partial charge on any atom is 0.296 e. The monoisotopic (exact) mass is 404 g/mol. The minimum absolute atomic E-state index is 0.105. The van der Waals surface area contributed by atoms with Crippen molar-refractivity contribution in [3.63, 3.8) is 0 Å². The van der Waals surface area contributed by atoms with Crippen molar-refractivity contribution in [3.05, 3.63) is 52.5 Å². The number of rotatable bonds is 6. The number of amides is 2. The van der Waals surface area contributed by atoms with Crippen molar-refractivity contribution < 1.29 is 19.1 Å². The van der Waals surface area contributed by atoms with Crippen LogP contribution < -0.4 is 15.4 Å². The van der Waals surface area contributed by atoms with Crippen molar-refractivity contribution in [2.75, 3.05) is 17.2 Å². The molecule has 0 aliphatic heterocycles. The zero-order valence-electron chi connectivity index (χ0n) is 13.8. The summed E-state index contributed by atoms with van der Waals surface area (Å²) in [5.74, 6) is -1.21. The Morgan fingerprint density at radius 3 is 2.32 bits per heavy atom. The Morgan fingerprint density at radius 1 is 1.04 bits per heavy atom. The van der Waals surface area contributed by atoms with E-state index in [9.17, 15) is 14.4 Å². The third kappa shape index (κ3) is 5.15. The van der Waals surface area contributed by atoms with Gasteiger partial charge < -0.3 is 15.4 Å². The molecular weight excluding hydrogens is 388 g/mol. The standard InChI is InChI=1S/C18H17BrN2O4/c1-3-25-14-7-5-13(6-8-14)21-18(24)17(23)15-10-12(19)4-9-16(15)20-11(2)22/h4-10H,3H2,1-2H3,(H,20,22)(H,21,24). The Hall–Kier alpha value is -2.67. The lowest BCUT2D eigenvalue weighted by Gasteiger charge is -2.10. The van der Waals surface area contributed by atoms with Crippen molar-refractivity contribution in [3.8, 4) is 5.75 Å². The number of ether oxygens (including phenoxy) is 1. The molecule has 25 heavy (non-hydrogen) atoms. The summed E-state index contributed by atoms with van der Waals surface area (Å²) in [6, 6.07) is 11.4. The molecule has 0 saturated carbocycles. The largest absolute Gasteiger partial charge is 0.494 e. The molecular formula is C18H17BrN2O4. The fourth-order valence-corrected chi connectivity index (χ4v) is 2.48. The second-order valence-electron chi connectivity index (χ2n) is 5.11. The molecule has 130 valence electrons. The molecule has 0 unspecified atom stereocenters.